The van der Waals surface area contributed by atoms with Crippen molar-refractivity contribution in [2.24, 2.45) is 0 Å². The minimum absolute atomic E-state index is 0.0542. The number of nitrogens with one attached hydrogen (secondary N) is 1. The Morgan fingerprint density at radius 3 is 2.39 bits per heavy atom. The van der Waals surface area contributed by atoms with Crippen LogP contribution in [0, 0.1) is 10.1 Å². The van der Waals surface area contributed by atoms with Crippen LogP contribution in [0.5, 0.6) is 0 Å². The van der Waals surface area contributed by atoms with Crippen molar-refractivity contribution in [3.8, 4) is 0 Å². The van der Waals surface area contributed by atoms with Crippen molar-refractivity contribution in [3.05, 3.63) is 94.2 Å². The van der Waals surface area contributed by atoms with Gasteiger partial charge in [-0.25, -0.2) is 4.98 Å². The first-order chi connectivity index (χ1) is 13.5. The van der Waals surface area contributed by atoms with Gasteiger partial charge in [0.1, 0.15) is 6.20 Å². The maximum atomic E-state index is 12.7. The highest BCUT2D eigenvalue weighted by Gasteiger charge is 2.15. The zero-order valence-corrected chi connectivity index (χ0v) is 15.4. The van der Waals surface area contributed by atoms with E-state index in [0.29, 0.717) is 21.8 Å². The van der Waals surface area contributed by atoms with E-state index >= 15 is 0 Å². The van der Waals surface area contributed by atoms with Crippen LogP contribution in [0.4, 0.5) is 11.4 Å². The molecule has 1 amide bonds. The van der Waals surface area contributed by atoms with Crippen LogP contribution in [0.25, 0.3) is 0 Å². The van der Waals surface area contributed by atoms with Crippen molar-refractivity contribution in [1.29, 1.82) is 0 Å². The fraction of sp³-hybridized carbons (Fsp3) is 0.0500. The lowest BCUT2D eigenvalue weighted by Gasteiger charge is -2.10. The molecule has 1 aromatic heterocycles. The molecule has 7 nitrogen and oxygen atoms in total. The molecule has 0 aliphatic carbocycles. The monoisotopic (exact) mass is 393 g/mol. The lowest BCUT2D eigenvalue weighted by atomic mass is 10.0. The van der Waals surface area contributed by atoms with Gasteiger partial charge in [0.15, 0.2) is 5.78 Å². The maximum Gasteiger partial charge on any atom is 0.287 e. The van der Waals surface area contributed by atoms with E-state index in [1.165, 1.54) is 12.1 Å². The van der Waals surface area contributed by atoms with Crippen LogP contribution in [0.15, 0.2) is 78.0 Å². The predicted octanol–water partition coefficient (Wildman–Crippen LogP) is 3.95. The van der Waals surface area contributed by atoms with Gasteiger partial charge in [-0.05, 0) is 18.2 Å². The maximum absolute atomic E-state index is 12.7. The third kappa shape index (κ3) is 4.80. The Kier molecular flexibility index (Phi) is 6.13. The number of hydrogen-bond donors (Lipinski definition) is 1. The van der Waals surface area contributed by atoms with Gasteiger partial charge < -0.3 is 5.32 Å². The van der Waals surface area contributed by atoms with Crippen LogP contribution < -0.4 is 5.32 Å². The highest BCUT2D eigenvalue weighted by Crippen LogP contribution is 2.21. The molecule has 0 aliphatic heterocycles. The molecular formula is C20H15N3O4S. The number of anilines is 1. The zero-order valence-electron chi connectivity index (χ0n) is 14.6. The molecule has 0 atom stereocenters. The minimum Gasteiger partial charge on any atom is -0.325 e. The van der Waals surface area contributed by atoms with Gasteiger partial charge in [0.2, 0.25) is 5.91 Å². The highest BCUT2D eigenvalue weighted by atomic mass is 32.2. The summed E-state index contributed by atoms with van der Waals surface area (Å²) >= 11 is 1.15. The van der Waals surface area contributed by atoms with Crippen LogP contribution >= 0.6 is 11.8 Å². The number of ketones is 1. The Balaban J connectivity index is 1.66. The van der Waals surface area contributed by atoms with Crippen LogP contribution in [0.2, 0.25) is 0 Å². The van der Waals surface area contributed by atoms with E-state index < -0.39 is 4.92 Å². The SMILES string of the molecule is O=C(CSc1ccc([N+](=O)[O-])cn1)Nc1ccccc1C(=O)c1ccccc1. The van der Waals surface area contributed by atoms with E-state index in [1.807, 2.05) is 6.07 Å². The normalized spacial score (nSPS) is 10.3. The van der Waals surface area contributed by atoms with Gasteiger partial charge in [-0.15, -0.1) is 0 Å². The number of aromatic nitrogens is 1. The molecule has 3 aromatic rings. The summed E-state index contributed by atoms with van der Waals surface area (Å²) in [4.78, 5) is 39.0. The number of nitro groups is 1. The Morgan fingerprint density at radius 2 is 1.71 bits per heavy atom. The molecule has 0 unspecified atom stereocenters. The standard InChI is InChI=1S/C20H15N3O4S/c24-18(13-28-19-11-10-15(12-21-19)23(26)27)22-17-9-5-4-8-16(17)20(25)14-6-2-1-3-7-14/h1-12H,13H2,(H,22,24). The first kappa shape index (κ1) is 19.2. The molecule has 140 valence electrons. The number of nitrogens with zero attached hydrogens (tertiary/aromatic N) is 2. The van der Waals surface area contributed by atoms with Crippen molar-refractivity contribution in [2.75, 3.05) is 11.1 Å². The van der Waals surface area contributed by atoms with Gasteiger partial charge in [0.05, 0.1) is 21.4 Å². The van der Waals surface area contributed by atoms with Crippen molar-refractivity contribution in [2.45, 2.75) is 5.03 Å². The number of hydrogen-bond acceptors (Lipinski definition) is 6. The summed E-state index contributed by atoms with van der Waals surface area (Å²) in [6, 6.07) is 18.5. The number of carbonyl (C=O) groups excluding carboxylic acids is 2. The first-order valence-corrected chi connectivity index (χ1v) is 9.25. The second kappa shape index (κ2) is 8.92. The molecule has 1 heterocycles. The van der Waals surface area contributed by atoms with Crippen LogP contribution in [0.3, 0.4) is 0 Å². The van der Waals surface area contributed by atoms with Crippen molar-refractivity contribution >= 4 is 34.8 Å². The van der Waals surface area contributed by atoms with Crippen LogP contribution in [0.1, 0.15) is 15.9 Å². The highest BCUT2D eigenvalue weighted by molar-refractivity contribution is 7.99. The molecule has 0 saturated carbocycles. The van der Waals surface area contributed by atoms with Crippen molar-refractivity contribution in [3.63, 3.8) is 0 Å². The minimum atomic E-state index is -0.533. The average molecular weight is 393 g/mol. The summed E-state index contributed by atoms with van der Waals surface area (Å²) in [7, 11) is 0. The van der Waals surface area contributed by atoms with Gasteiger partial charge in [-0.1, -0.05) is 54.2 Å². The molecule has 0 spiro atoms. The Morgan fingerprint density at radius 1 is 1.00 bits per heavy atom. The molecule has 0 bridgehead atoms. The van der Waals surface area contributed by atoms with E-state index in [4.69, 9.17) is 0 Å². The van der Waals surface area contributed by atoms with E-state index in [9.17, 15) is 19.7 Å². The third-order valence-electron chi connectivity index (χ3n) is 3.76. The number of benzene rings is 2. The molecule has 28 heavy (non-hydrogen) atoms. The Labute approximate surface area is 165 Å². The van der Waals surface area contributed by atoms with Crippen molar-refractivity contribution < 1.29 is 14.5 Å². The van der Waals surface area contributed by atoms with Gasteiger partial charge in [0.25, 0.3) is 5.69 Å². The Hall–Kier alpha value is -3.52. The Bertz CT molecular complexity index is 1010. The number of carbonyl (C=O) groups is 2. The second-order valence-electron chi connectivity index (χ2n) is 5.69. The van der Waals surface area contributed by atoms with Gasteiger partial charge >= 0.3 is 0 Å². The van der Waals surface area contributed by atoms with Crippen molar-refractivity contribution in [1.82, 2.24) is 4.98 Å². The fourth-order valence-corrected chi connectivity index (χ4v) is 3.07. The third-order valence-corrected chi connectivity index (χ3v) is 4.71. The number of rotatable bonds is 7. The number of pyridine rings is 1. The van der Waals surface area contributed by atoms with Crippen LogP contribution in [-0.4, -0.2) is 27.4 Å². The van der Waals surface area contributed by atoms with E-state index in [1.54, 1.807) is 48.5 Å². The molecule has 0 fully saturated rings. The molecule has 1 N–H and O–H groups in total. The zero-order chi connectivity index (χ0) is 19.9. The van der Waals surface area contributed by atoms with Gasteiger partial charge in [-0.2, -0.15) is 0 Å². The van der Waals surface area contributed by atoms with E-state index in [2.05, 4.69) is 10.3 Å². The van der Waals surface area contributed by atoms with Gasteiger partial charge in [-0.3, -0.25) is 19.7 Å². The summed E-state index contributed by atoms with van der Waals surface area (Å²) in [5.74, 6) is -0.432. The van der Waals surface area contributed by atoms with Crippen LogP contribution in [-0.2, 0) is 4.79 Å². The largest absolute Gasteiger partial charge is 0.325 e. The average Bonchev–Trinajstić information content (AvgIpc) is 2.73. The number of thioether (sulfide) groups is 1. The second-order valence-corrected chi connectivity index (χ2v) is 6.68. The summed E-state index contributed by atoms with van der Waals surface area (Å²) in [6.07, 6.45) is 1.15. The first-order valence-electron chi connectivity index (χ1n) is 8.26. The number of amides is 1. The summed E-state index contributed by atoms with van der Waals surface area (Å²) in [5.41, 5.74) is 1.26. The summed E-state index contributed by atoms with van der Waals surface area (Å²) in [6.45, 7) is 0. The molecule has 8 heteroatoms. The summed E-state index contributed by atoms with van der Waals surface area (Å²) < 4.78 is 0. The molecule has 2 aromatic carbocycles. The molecule has 0 radical (unpaired) electrons. The smallest absolute Gasteiger partial charge is 0.287 e. The molecular weight excluding hydrogens is 378 g/mol. The molecule has 0 aliphatic rings. The quantitative estimate of drug-likeness (QED) is 0.282. The lowest BCUT2D eigenvalue weighted by Crippen LogP contribution is -2.17. The van der Waals surface area contributed by atoms with E-state index in [-0.39, 0.29) is 23.1 Å². The number of para-hydroxylation sites is 1. The summed E-state index contributed by atoms with van der Waals surface area (Å²) in [5, 5.41) is 13.9. The topological polar surface area (TPSA) is 102 Å². The van der Waals surface area contributed by atoms with Gasteiger partial charge in [0, 0.05) is 17.2 Å². The van der Waals surface area contributed by atoms with E-state index in [0.717, 1.165) is 18.0 Å². The fourth-order valence-electron chi connectivity index (χ4n) is 2.43. The predicted molar refractivity (Wildman–Crippen MR) is 107 cm³/mol. The molecule has 3 rings (SSSR count). The molecule has 0 saturated heterocycles. The lowest BCUT2D eigenvalue weighted by molar-refractivity contribution is -0.385.